The molecule has 1 aromatic rings. The van der Waals surface area contributed by atoms with E-state index in [1.54, 1.807) is 22.8 Å². The third-order valence-corrected chi connectivity index (χ3v) is 3.69. The van der Waals surface area contributed by atoms with Gasteiger partial charge in [-0.05, 0) is 25.0 Å². The third-order valence-electron chi connectivity index (χ3n) is 3.69. The van der Waals surface area contributed by atoms with Crippen molar-refractivity contribution in [2.75, 3.05) is 32.8 Å². The Morgan fingerprint density at radius 2 is 1.68 bits per heavy atom. The fraction of sp³-hybridized carbons (Fsp3) is 0.412. The van der Waals surface area contributed by atoms with Crippen molar-refractivity contribution < 1.29 is 14.3 Å². The van der Waals surface area contributed by atoms with Gasteiger partial charge >= 0.3 is 6.09 Å². The highest BCUT2D eigenvalue weighted by atomic mass is 16.6. The van der Waals surface area contributed by atoms with Gasteiger partial charge in [-0.2, -0.15) is 0 Å². The number of rotatable bonds is 3. The van der Waals surface area contributed by atoms with Gasteiger partial charge in [0.1, 0.15) is 0 Å². The summed E-state index contributed by atoms with van der Waals surface area (Å²) in [6.45, 7) is 6.20. The summed E-state index contributed by atoms with van der Waals surface area (Å²) < 4.78 is 4.97. The van der Waals surface area contributed by atoms with Gasteiger partial charge in [-0.15, -0.1) is 0 Å². The Bertz CT molecular complexity index is 546. The summed E-state index contributed by atoms with van der Waals surface area (Å²) in [6.07, 6.45) is 1.36. The minimum Gasteiger partial charge on any atom is -0.450 e. The van der Waals surface area contributed by atoms with E-state index in [0.29, 0.717) is 32.8 Å². The molecular weight excluding hydrogens is 280 g/mol. The highest BCUT2D eigenvalue weighted by molar-refractivity contribution is 5.95. The molecule has 0 unspecified atom stereocenters. The van der Waals surface area contributed by atoms with E-state index < -0.39 is 0 Å². The predicted molar refractivity (Wildman–Crippen MR) is 85.3 cm³/mol. The lowest BCUT2D eigenvalue weighted by Crippen LogP contribution is -2.50. The normalized spacial score (nSPS) is 15.6. The number of ether oxygens (including phenoxy) is 1. The number of hydrogen-bond acceptors (Lipinski definition) is 3. The summed E-state index contributed by atoms with van der Waals surface area (Å²) >= 11 is 0. The minimum absolute atomic E-state index is 0.00939. The molecule has 1 fully saturated rings. The van der Waals surface area contributed by atoms with Crippen LogP contribution in [0, 0.1) is 0 Å². The lowest BCUT2D eigenvalue weighted by molar-refractivity contribution is -0.127. The summed E-state index contributed by atoms with van der Waals surface area (Å²) in [4.78, 5) is 27.3. The molecule has 1 saturated heterocycles. The Kier molecular flexibility index (Phi) is 5.58. The van der Waals surface area contributed by atoms with Gasteiger partial charge in [-0.25, -0.2) is 4.79 Å². The van der Waals surface area contributed by atoms with E-state index in [4.69, 9.17) is 4.74 Å². The Hall–Kier alpha value is -2.30. The summed E-state index contributed by atoms with van der Waals surface area (Å²) in [5.41, 5.74) is 1.99. The second-order valence-corrected chi connectivity index (χ2v) is 5.20. The van der Waals surface area contributed by atoms with Crippen LogP contribution in [0.4, 0.5) is 4.79 Å². The lowest BCUT2D eigenvalue weighted by Gasteiger charge is -2.33. The number of amides is 2. The smallest absolute Gasteiger partial charge is 0.409 e. The standard InChI is InChI=1S/C17H22N2O3/c1-3-22-17(21)19-11-9-18(10-12-19)16(20)13-14(2)15-7-5-4-6-8-15/h4-8,13H,3,9-12H2,1-2H3/b14-13+. The first-order valence-electron chi connectivity index (χ1n) is 7.56. The summed E-state index contributed by atoms with van der Waals surface area (Å²) in [7, 11) is 0. The van der Waals surface area contributed by atoms with Crippen LogP contribution in [0.5, 0.6) is 0 Å². The summed E-state index contributed by atoms with van der Waals surface area (Å²) in [6, 6.07) is 9.83. The van der Waals surface area contributed by atoms with Crippen LogP contribution in [-0.4, -0.2) is 54.6 Å². The van der Waals surface area contributed by atoms with Gasteiger partial charge in [0.15, 0.2) is 0 Å². The van der Waals surface area contributed by atoms with Crippen LogP contribution in [0.2, 0.25) is 0 Å². The molecule has 5 nitrogen and oxygen atoms in total. The van der Waals surface area contributed by atoms with Crippen molar-refractivity contribution in [2.45, 2.75) is 13.8 Å². The molecule has 2 amide bonds. The number of carbonyl (C=O) groups is 2. The fourth-order valence-corrected chi connectivity index (χ4v) is 2.39. The van der Waals surface area contributed by atoms with Gasteiger partial charge in [0.2, 0.25) is 5.91 Å². The molecule has 118 valence electrons. The van der Waals surface area contributed by atoms with E-state index >= 15 is 0 Å². The quantitative estimate of drug-likeness (QED) is 0.806. The molecule has 0 N–H and O–H groups in total. The largest absolute Gasteiger partial charge is 0.450 e. The van der Waals surface area contributed by atoms with Gasteiger partial charge < -0.3 is 14.5 Å². The average Bonchev–Trinajstić information content (AvgIpc) is 2.56. The zero-order valence-electron chi connectivity index (χ0n) is 13.1. The number of carbonyl (C=O) groups excluding carboxylic acids is 2. The molecule has 1 aliphatic rings. The number of benzene rings is 1. The number of piperazine rings is 1. The van der Waals surface area contributed by atoms with Crippen LogP contribution in [0.1, 0.15) is 19.4 Å². The molecule has 1 heterocycles. The van der Waals surface area contributed by atoms with E-state index in [2.05, 4.69) is 0 Å². The van der Waals surface area contributed by atoms with Gasteiger partial charge in [-0.1, -0.05) is 30.3 Å². The molecule has 1 aliphatic heterocycles. The highest BCUT2D eigenvalue weighted by Gasteiger charge is 2.23. The second-order valence-electron chi connectivity index (χ2n) is 5.20. The number of allylic oxidation sites excluding steroid dienone is 1. The Labute approximate surface area is 131 Å². The molecule has 0 aliphatic carbocycles. The van der Waals surface area contributed by atoms with Crippen LogP contribution >= 0.6 is 0 Å². The van der Waals surface area contributed by atoms with Crippen LogP contribution < -0.4 is 0 Å². The number of hydrogen-bond donors (Lipinski definition) is 0. The van der Waals surface area contributed by atoms with E-state index in [0.717, 1.165) is 11.1 Å². The molecule has 0 bridgehead atoms. The van der Waals surface area contributed by atoms with Crippen LogP contribution in [0.25, 0.3) is 5.57 Å². The van der Waals surface area contributed by atoms with Crippen LogP contribution in [0.3, 0.4) is 0 Å². The molecule has 1 aromatic carbocycles. The van der Waals surface area contributed by atoms with Crippen LogP contribution in [0.15, 0.2) is 36.4 Å². The zero-order chi connectivity index (χ0) is 15.9. The third kappa shape index (κ3) is 4.10. The Morgan fingerprint density at radius 3 is 2.27 bits per heavy atom. The van der Waals surface area contributed by atoms with Crippen molar-refractivity contribution >= 4 is 17.6 Å². The molecule has 5 heteroatoms. The van der Waals surface area contributed by atoms with Crippen molar-refractivity contribution in [1.82, 2.24) is 9.80 Å². The first-order chi connectivity index (χ1) is 10.6. The van der Waals surface area contributed by atoms with E-state index in [-0.39, 0.29) is 12.0 Å². The topological polar surface area (TPSA) is 49.9 Å². The summed E-state index contributed by atoms with van der Waals surface area (Å²) in [5.74, 6) is -0.00939. The SMILES string of the molecule is CCOC(=O)N1CCN(C(=O)/C=C(\C)c2ccccc2)CC1. The van der Waals surface area contributed by atoms with Gasteiger partial charge in [0, 0.05) is 32.3 Å². The fourth-order valence-electron chi connectivity index (χ4n) is 2.39. The lowest BCUT2D eigenvalue weighted by atomic mass is 10.1. The first kappa shape index (κ1) is 16.1. The van der Waals surface area contributed by atoms with E-state index in [9.17, 15) is 9.59 Å². The van der Waals surface area contributed by atoms with Crippen molar-refractivity contribution in [3.8, 4) is 0 Å². The molecule has 0 radical (unpaired) electrons. The van der Waals surface area contributed by atoms with Crippen molar-refractivity contribution in [3.05, 3.63) is 42.0 Å². The molecule has 0 saturated carbocycles. The maximum absolute atomic E-state index is 12.3. The van der Waals surface area contributed by atoms with Crippen molar-refractivity contribution in [3.63, 3.8) is 0 Å². The zero-order valence-corrected chi connectivity index (χ0v) is 13.1. The first-order valence-corrected chi connectivity index (χ1v) is 7.56. The van der Waals surface area contributed by atoms with E-state index in [1.807, 2.05) is 37.3 Å². The van der Waals surface area contributed by atoms with Crippen molar-refractivity contribution in [1.29, 1.82) is 0 Å². The van der Waals surface area contributed by atoms with E-state index in [1.165, 1.54) is 0 Å². The molecular formula is C17H22N2O3. The Morgan fingerprint density at radius 1 is 1.09 bits per heavy atom. The molecule has 0 atom stereocenters. The van der Waals surface area contributed by atoms with Gasteiger partial charge in [0.05, 0.1) is 6.61 Å². The van der Waals surface area contributed by atoms with Crippen LogP contribution in [-0.2, 0) is 9.53 Å². The minimum atomic E-state index is -0.300. The second kappa shape index (κ2) is 7.64. The number of nitrogens with zero attached hydrogens (tertiary/aromatic N) is 2. The average molecular weight is 302 g/mol. The maximum atomic E-state index is 12.3. The van der Waals surface area contributed by atoms with Gasteiger partial charge in [0.25, 0.3) is 0 Å². The monoisotopic (exact) mass is 302 g/mol. The molecule has 0 aromatic heterocycles. The summed E-state index contributed by atoms with van der Waals surface area (Å²) in [5, 5.41) is 0. The predicted octanol–water partition coefficient (Wildman–Crippen LogP) is 2.39. The van der Waals surface area contributed by atoms with Crippen molar-refractivity contribution in [2.24, 2.45) is 0 Å². The molecule has 22 heavy (non-hydrogen) atoms. The Balaban J connectivity index is 1.91. The highest BCUT2D eigenvalue weighted by Crippen LogP contribution is 2.14. The van der Waals surface area contributed by atoms with Gasteiger partial charge in [-0.3, -0.25) is 4.79 Å². The molecule has 2 rings (SSSR count). The maximum Gasteiger partial charge on any atom is 0.409 e. The molecule has 0 spiro atoms.